The van der Waals surface area contributed by atoms with Crippen LogP contribution in [-0.4, -0.2) is 29.6 Å². The van der Waals surface area contributed by atoms with Crippen molar-refractivity contribution in [2.24, 2.45) is 4.99 Å². The SMILES string of the molecule is CCCCN1C(=O)/C(=C2/Sc3ccccc3N2C)SC1=Nc1ccccc1C. The Morgan fingerprint density at radius 1 is 1.04 bits per heavy atom. The first kappa shape index (κ1) is 19.2. The smallest absolute Gasteiger partial charge is 0.269 e. The molecule has 144 valence electrons. The zero-order chi connectivity index (χ0) is 19.7. The van der Waals surface area contributed by atoms with Crippen molar-refractivity contribution in [3.05, 3.63) is 64.0 Å². The number of amidine groups is 1. The highest BCUT2D eigenvalue weighted by Crippen LogP contribution is 2.50. The summed E-state index contributed by atoms with van der Waals surface area (Å²) in [6.07, 6.45) is 2.00. The first-order valence-corrected chi connectivity index (χ1v) is 11.1. The van der Waals surface area contributed by atoms with Crippen LogP contribution >= 0.6 is 23.5 Å². The van der Waals surface area contributed by atoms with E-state index < -0.39 is 0 Å². The molecule has 2 aromatic rings. The van der Waals surface area contributed by atoms with Gasteiger partial charge in [-0.25, -0.2) is 4.99 Å². The van der Waals surface area contributed by atoms with Crippen molar-refractivity contribution in [3.63, 3.8) is 0 Å². The Balaban J connectivity index is 1.73. The second-order valence-electron chi connectivity index (χ2n) is 6.86. The number of aliphatic imine (C=N–C) groups is 1. The summed E-state index contributed by atoms with van der Waals surface area (Å²) < 4.78 is 0. The molecule has 0 radical (unpaired) electrons. The molecule has 0 bridgehead atoms. The Morgan fingerprint density at radius 3 is 2.54 bits per heavy atom. The summed E-state index contributed by atoms with van der Waals surface area (Å²) in [5, 5.41) is 1.77. The fourth-order valence-electron chi connectivity index (χ4n) is 3.22. The van der Waals surface area contributed by atoms with Crippen molar-refractivity contribution in [2.45, 2.75) is 31.6 Å². The zero-order valence-electron chi connectivity index (χ0n) is 16.3. The standard InChI is InChI=1S/C22H23N3OS2/c1-4-5-14-25-20(26)19(21-24(3)17-12-8-9-13-18(17)27-21)28-22(25)23-16-11-7-6-10-15(16)2/h6-13H,4-5,14H2,1-3H3/b21-19-,23-22?. The van der Waals surface area contributed by atoms with Crippen LogP contribution in [0.2, 0.25) is 0 Å². The molecule has 2 aliphatic heterocycles. The molecule has 4 nitrogen and oxygen atoms in total. The number of hydrogen-bond acceptors (Lipinski definition) is 5. The number of para-hydroxylation sites is 2. The van der Waals surface area contributed by atoms with Crippen LogP contribution in [0.5, 0.6) is 0 Å². The Hall–Kier alpha value is -2.18. The summed E-state index contributed by atoms with van der Waals surface area (Å²) in [6, 6.07) is 16.3. The van der Waals surface area contributed by atoms with Gasteiger partial charge in [0.05, 0.1) is 16.4 Å². The molecule has 28 heavy (non-hydrogen) atoms. The number of thioether (sulfide) groups is 2. The number of benzene rings is 2. The lowest BCUT2D eigenvalue weighted by atomic mass is 10.2. The summed E-state index contributed by atoms with van der Waals surface area (Å²) in [7, 11) is 2.03. The average Bonchev–Trinajstić information content (AvgIpc) is 3.19. The van der Waals surface area contributed by atoms with E-state index in [0.29, 0.717) is 6.54 Å². The molecule has 4 rings (SSSR count). The van der Waals surface area contributed by atoms with Gasteiger partial charge in [-0.2, -0.15) is 0 Å². The highest BCUT2D eigenvalue weighted by Gasteiger charge is 2.38. The van der Waals surface area contributed by atoms with Gasteiger partial charge in [0.15, 0.2) is 5.17 Å². The highest BCUT2D eigenvalue weighted by atomic mass is 32.2. The number of fused-ring (bicyclic) bond motifs is 1. The first-order valence-electron chi connectivity index (χ1n) is 9.49. The van der Waals surface area contributed by atoms with Gasteiger partial charge >= 0.3 is 0 Å². The molecule has 6 heteroatoms. The molecular formula is C22H23N3OS2. The topological polar surface area (TPSA) is 35.9 Å². The number of unbranched alkanes of at least 4 members (excludes halogenated alkanes) is 1. The molecule has 0 spiro atoms. The summed E-state index contributed by atoms with van der Waals surface area (Å²) >= 11 is 3.16. The molecule has 0 atom stereocenters. The predicted octanol–water partition coefficient (Wildman–Crippen LogP) is 5.77. The third-order valence-electron chi connectivity index (χ3n) is 4.86. The number of carbonyl (C=O) groups excluding carboxylic acids is 1. The van der Waals surface area contributed by atoms with Crippen LogP contribution in [0.25, 0.3) is 0 Å². The van der Waals surface area contributed by atoms with Crippen LogP contribution in [-0.2, 0) is 4.79 Å². The van der Waals surface area contributed by atoms with Crippen molar-refractivity contribution in [1.29, 1.82) is 0 Å². The third-order valence-corrected chi connectivity index (χ3v) is 7.29. The van der Waals surface area contributed by atoms with Crippen molar-refractivity contribution < 1.29 is 4.79 Å². The van der Waals surface area contributed by atoms with Gasteiger partial charge in [0, 0.05) is 18.5 Å². The van der Waals surface area contributed by atoms with E-state index in [4.69, 9.17) is 4.99 Å². The normalized spacial score (nSPS) is 20.4. The lowest BCUT2D eigenvalue weighted by Crippen LogP contribution is -2.30. The maximum Gasteiger partial charge on any atom is 0.269 e. The van der Waals surface area contributed by atoms with Crippen molar-refractivity contribution in [2.75, 3.05) is 18.5 Å². The first-order chi connectivity index (χ1) is 13.6. The third kappa shape index (κ3) is 3.47. The van der Waals surface area contributed by atoms with Gasteiger partial charge in [-0.05, 0) is 48.9 Å². The number of hydrogen-bond donors (Lipinski definition) is 0. The van der Waals surface area contributed by atoms with Crippen LogP contribution in [0.1, 0.15) is 25.3 Å². The van der Waals surface area contributed by atoms with Gasteiger partial charge in [-0.3, -0.25) is 9.69 Å². The fraction of sp³-hybridized carbons (Fsp3) is 0.273. The van der Waals surface area contributed by atoms with Crippen LogP contribution < -0.4 is 4.90 Å². The number of carbonyl (C=O) groups is 1. The highest BCUT2D eigenvalue weighted by molar-refractivity contribution is 8.19. The average molecular weight is 410 g/mol. The largest absolute Gasteiger partial charge is 0.337 e. The van der Waals surface area contributed by atoms with Crippen LogP contribution in [0.3, 0.4) is 0 Å². The Kier molecular flexibility index (Phi) is 5.51. The number of aryl methyl sites for hydroxylation is 1. The lowest BCUT2D eigenvalue weighted by Gasteiger charge is -2.16. The minimum Gasteiger partial charge on any atom is -0.337 e. The van der Waals surface area contributed by atoms with Gasteiger partial charge in [-0.1, -0.05) is 55.4 Å². The molecule has 1 fully saturated rings. The molecule has 0 aliphatic carbocycles. The number of amides is 1. The van der Waals surface area contributed by atoms with Gasteiger partial charge in [-0.15, -0.1) is 0 Å². The van der Waals surface area contributed by atoms with E-state index >= 15 is 0 Å². The van der Waals surface area contributed by atoms with Crippen molar-refractivity contribution >= 4 is 46.0 Å². The summed E-state index contributed by atoms with van der Waals surface area (Å²) in [5.41, 5.74) is 3.17. The molecule has 0 N–H and O–H groups in total. The molecule has 1 amide bonds. The van der Waals surface area contributed by atoms with E-state index in [1.807, 2.05) is 55.3 Å². The molecule has 1 saturated heterocycles. The van der Waals surface area contributed by atoms with Crippen LogP contribution in [0, 0.1) is 6.92 Å². The van der Waals surface area contributed by atoms with Crippen molar-refractivity contribution in [1.82, 2.24) is 4.90 Å². The Bertz CT molecular complexity index is 983. The maximum absolute atomic E-state index is 13.3. The maximum atomic E-state index is 13.3. The quantitative estimate of drug-likeness (QED) is 0.601. The number of rotatable bonds is 4. The van der Waals surface area contributed by atoms with Gasteiger partial charge in [0.1, 0.15) is 4.91 Å². The zero-order valence-corrected chi connectivity index (χ0v) is 17.9. The molecule has 0 aromatic heterocycles. The molecular weight excluding hydrogens is 386 g/mol. The van der Waals surface area contributed by atoms with Gasteiger partial charge in [0.2, 0.25) is 0 Å². The van der Waals surface area contributed by atoms with Crippen LogP contribution in [0.4, 0.5) is 11.4 Å². The second kappa shape index (κ2) is 8.05. The Morgan fingerprint density at radius 2 is 1.79 bits per heavy atom. The number of anilines is 1. The fourth-order valence-corrected chi connectivity index (χ4v) is 5.59. The van der Waals surface area contributed by atoms with E-state index in [1.54, 1.807) is 11.8 Å². The summed E-state index contributed by atoms with van der Waals surface area (Å²) in [5.74, 6) is 0.0629. The van der Waals surface area contributed by atoms with Crippen LogP contribution in [0.15, 0.2) is 68.4 Å². The molecule has 0 unspecified atom stereocenters. The molecule has 2 aromatic carbocycles. The summed E-state index contributed by atoms with van der Waals surface area (Å²) in [4.78, 5) is 24.1. The van der Waals surface area contributed by atoms with E-state index in [1.165, 1.54) is 16.7 Å². The monoisotopic (exact) mass is 409 g/mol. The molecule has 2 aliphatic rings. The molecule has 2 heterocycles. The van der Waals surface area contributed by atoms with E-state index in [-0.39, 0.29) is 5.91 Å². The summed E-state index contributed by atoms with van der Waals surface area (Å²) in [6.45, 7) is 4.89. The second-order valence-corrected chi connectivity index (χ2v) is 8.86. The van der Waals surface area contributed by atoms with E-state index in [2.05, 4.69) is 24.0 Å². The lowest BCUT2D eigenvalue weighted by molar-refractivity contribution is -0.122. The van der Waals surface area contributed by atoms with Crippen molar-refractivity contribution in [3.8, 4) is 0 Å². The minimum atomic E-state index is 0.0629. The van der Waals surface area contributed by atoms with Gasteiger partial charge < -0.3 is 4.90 Å². The van der Waals surface area contributed by atoms with Gasteiger partial charge in [0.25, 0.3) is 5.91 Å². The number of nitrogens with zero attached hydrogens (tertiary/aromatic N) is 3. The Labute approximate surface area is 174 Å². The van der Waals surface area contributed by atoms with E-state index in [9.17, 15) is 4.79 Å². The van der Waals surface area contributed by atoms with E-state index in [0.717, 1.165) is 44.9 Å². The predicted molar refractivity (Wildman–Crippen MR) is 120 cm³/mol. The molecule has 0 saturated carbocycles. The minimum absolute atomic E-state index is 0.0629.